The first-order valence-corrected chi connectivity index (χ1v) is 5.98. The highest BCUT2D eigenvalue weighted by molar-refractivity contribution is 6.01. The van der Waals surface area contributed by atoms with Crippen LogP contribution in [0.15, 0.2) is 18.2 Å². The van der Waals surface area contributed by atoms with Crippen molar-refractivity contribution >= 4 is 17.3 Å². The van der Waals surface area contributed by atoms with Gasteiger partial charge in [-0.2, -0.15) is 0 Å². The zero-order valence-electron chi connectivity index (χ0n) is 10.1. The summed E-state index contributed by atoms with van der Waals surface area (Å²) in [6.45, 7) is 2.16. The molecule has 2 rings (SSSR count). The largest absolute Gasteiger partial charge is 0.397 e. The number of nitrogens with two attached hydrogens (primary N) is 2. The first-order chi connectivity index (χ1) is 8.02. The van der Waals surface area contributed by atoms with E-state index in [0.29, 0.717) is 16.9 Å². The van der Waals surface area contributed by atoms with Gasteiger partial charge in [-0.05, 0) is 31.9 Å². The highest BCUT2D eigenvalue weighted by Gasteiger charge is 2.29. The van der Waals surface area contributed by atoms with E-state index in [9.17, 15) is 4.79 Å². The number of anilines is 2. The zero-order valence-corrected chi connectivity index (χ0v) is 10.1. The molecule has 4 heteroatoms. The van der Waals surface area contributed by atoms with Gasteiger partial charge in [0.05, 0.1) is 16.9 Å². The molecule has 17 heavy (non-hydrogen) atoms. The topological polar surface area (TPSA) is 81.1 Å². The molecule has 0 spiro atoms. The normalized spacial score (nSPS) is 17.9. The van der Waals surface area contributed by atoms with Crippen LogP contribution in [0, 0.1) is 0 Å². The number of para-hydroxylation sites is 1. The van der Waals surface area contributed by atoms with Gasteiger partial charge < -0.3 is 16.8 Å². The van der Waals surface area contributed by atoms with Crippen molar-refractivity contribution in [2.45, 2.75) is 38.1 Å². The van der Waals surface area contributed by atoms with E-state index < -0.39 is 5.91 Å². The Morgan fingerprint density at radius 3 is 2.59 bits per heavy atom. The van der Waals surface area contributed by atoms with Crippen LogP contribution in [0.2, 0.25) is 0 Å². The summed E-state index contributed by atoms with van der Waals surface area (Å²) >= 11 is 0. The van der Waals surface area contributed by atoms with Gasteiger partial charge in [0.2, 0.25) is 0 Å². The molecule has 0 heterocycles. The highest BCUT2D eigenvalue weighted by atomic mass is 16.1. The Morgan fingerprint density at radius 2 is 2.00 bits per heavy atom. The van der Waals surface area contributed by atoms with Crippen LogP contribution in [0.4, 0.5) is 11.4 Å². The Kier molecular flexibility index (Phi) is 2.96. The zero-order chi connectivity index (χ0) is 12.5. The Bertz CT molecular complexity index is 436. The highest BCUT2D eigenvalue weighted by Crippen LogP contribution is 2.35. The lowest BCUT2D eigenvalue weighted by molar-refractivity contribution is 0.100. The van der Waals surface area contributed by atoms with E-state index in [1.807, 2.05) is 0 Å². The molecule has 1 saturated carbocycles. The molecule has 1 amide bonds. The van der Waals surface area contributed by atoms with E-state index in [0.717, 1.165) is 12.8 Å². The summed E-state index contributed by atoms with van der Waals surface area (Å²) in [5.74, 6) is -0.443. The molecule has 0 bridgehead atoms. The van der Waals surface area contributed by atoms with Gasteiger partial charge in [-0.15, -0.1) is 0 Å². The smallest absolute Gasteiger partial charge is 0.250 e. The van der Waals surface area contributed by atoms with Gasteiger partial charge in [-0.1, -0.05) is 18.9 Å². The maximum absolute atomic E-state index is 11.4. The van der Waals surface area contributed by atoms with Crippen molar-refractivity contribution in [3.63, 3.8) is 0 Å². The maximum atomic E-state index is 11.4. The molecule has 1 aromatic carbocycles. The lowest BCUT2D eigenvalue weighted by Gasteiger charge is -2.28. The minimum Gasteiger partial charge on any atom is -0.397 e. The second-order valence-electron chi connectivity index (χ2n) is 5.03. The number of benzene rings is 1. The van der Waals surface area contributed by atoms with Gasteiger partial charge in [-0.25, -0.2) is 0 Å². The molecule has 1 aliphatic rings. The number of carbonyl (C=O) groups excluding carboxylic acids is 1. The average molecular weight is 233 g/mol. The van der Waals surface area contributed by atoms with Crippen molar-refractivity contribution < 1.29 is 4.79 Å². The molecule has 0 unspecified atom stereocenters. The molecule has 4 nitrogen and oxygen atoms in total. The van der Waals surface area contributed by atoms with Gasteiger partial charge in [0, 0.05) is 5.54 Å². The Balaban J connectivity index is 2.34. The third kappa shape index (κ3) is 2.35. The third-order valence-electron chi connectivity index (χ3n) is 3.50. The second kappa shape index (κ2) is 4.28. The summed E-state index contributed by atoms with van der Waals surface area (Å²) in [5, 5.41) is 3.41. The van der Waals surface area contributed by atoms with Crippen LogP contribution in [0.5, 0.6) is 0 Å². The fourth-order valence-electron chi connectivity index (χ4n) is 2.50. The van der Waals surface area contributed by atoms with E-state index in [2.05, 4.69) is 12.2 Å². The second-order valence-corrected chi connectivity index (χ2v) is 5.03. The molecule has 1 fully saturated rings. The fourth-order valence-corrected chi connectivity index (χ4v) is 2.50. The number of hydrogen-bond acceptors (Lipinski definition) is 3. The van der Waals surface area contributed by atoms with Crippen LogP contribution in [0.1, 0.15) is 43.0 Å². The minimum atomic E-state index is -0.443. The van der Waals surface area contributed by atoms with Crippen molar-refractivity contribution in [2.24, 2.45) is 5.73 Å². The van der Waals surface area contributed by atoms with Crippen LogP contribution in [-0.4, -0.2) is 11.4 Å². The molecule has 0 radical (unpaired) electrons. The lowest BCUT2D eigenvalue weighted by Crippen LogP contribution is -2.32. The molecule has 5 N–H and O–H groups in total. The number of hydrogen-bond donors (Lipinski definition) is 3. The van der Waals surface area contributed by atoms with Gasteiger partial charge in [-0.3, -0.25) is 4.79 Å². The number of nitrogens with one attached hydrogen (secondary N) is 1. The van der Waals surface area contributed by atoms with E-state index in [1.54, 1.807) is 18.2 Å². The Hall–Kier alpha value is -1.71. The van der Waals surface area contributed by atoms with E-state index in [4.69, 9.17) is 11.5 Å². The molecule has 0 aromatic heterocycles. The van der Waals surface area contributed by atoms with Gasteiger partial charge in [0.25, 0.3) is 5.91 Å². The predicted molar refractivity (Wildman–Crippen MR) is 69.9 cm³/mol. The average Bonchev–Trinajstić information content (AvgIpc) is 2.68. The SMILES string of the molecule is CC1(Nc2c(N)cccc2C(N)=O)CCCC1. The van der Waals surface area contributed by atoms with Crippen molar-refractivity contribution in [2.75, 3.05) is 11.1 Å². The van der Waals surface area contributed by atoms with Crippen LogP contribution >= 0.6 is 0 Å². The maximum Gasteiger partial charge on any atom is 0.250 e. The molecular formula is C13H19N3O. The summed E-state index contributed by atoms with van der Waals surface area (Å²) in [7, 11) is 0. The van der Waals surface area contributed by atoms with E-state index in [1.165, 1.54) is 12.8 Å². The number of nitrogen functional groups attached to an aromatic ring is 1. The predicted octanol–water partition coefficient (Wildman–Crippen LogP) is 2.11. The summed E-state index contributed by atoms with van der Waals surface area (Å²) < 4.78 is 0. The fraction of sp³-hybridized carbons (Fsp3) is 0.462. The Morgan fingerprint density at radius 1 is 1.35 bits per heavy atom. The number of amides is 1. The van der Waals surface area contributed by atoms with Gasteiger partial charge in [0.15, 0.2) is 0 Å². The molecule has 0 atom stereocenters. The lowest BCUT2D eigenvalue weighted by atomic mass is 9.98. The quantitative estimate of drug-likeness (QED) is 0.699. The summed E-state index contributed by atoms with van der Waals surface area (Å²) in [6, 6.07) is 5.24. The van der Waals surface area contributed by atoms with Crippen molar-refractivity contribution in [1.29, 1.82) is 0 Å². The van der Waals surface area contributed by atoms with Gasteiger partial charge in [0.1, 0.15) is 0 Å². The van der Waals surface area contributed by atoms with Crippen LogP contribution in [0.3, 0.4) is 0 Å². The molecule has 0 saturated heterocycles. The molecule has 1 aromatic rings. The number of carbonyl (C=O) groups is 1. The van der Waals surface area contributed by atoms with Crippen molar-refractivity contribution in [3.8, 4) is 0 Å². The summed E-state index contributed by atoms with van der Waals surface area (Å²) in [6.07, 6.45) is 4.61. The monoisotopic (exact) mass is 233 g/mol. The van der Waals surface area contributed by atoms with Crippen molar-refractivity contribution in [3.05, 3.63) is 23.8 Å². The third-order valence-corrected chi connectivity index (χ3v) is 3.50. The van der Waals surface area contributed by atoms with Crippen molar-refractivity contribution in [1.82, 2.24) is 0 Å². The standard InChI is InChI=1S/C13H19N3O/c1-13(7-2-3-8-13)16-11-9(12(15)17)5-4-6-10(11)14/h4-6,16H,2-3,7-8,14H2,1H3,(H2,15,17). The van der Waals surface area contributed by atoms with Gasteiger partial charge >= 0.3 is 0 Å². The Labute approximate surface area is 101 Å². The van der Waals surface area contributed by atoms with Crippen LogP contribution < -0.4 is 16.8 Å². The molecular weight excluding hydrogens is 214 g/mol. The first-order valence-electron chi connectivity index (χ1n) is 5.98. The van der Waals surface area contributed by atoms with E-state index >= 15 is 0 Å². The minimum absolute atomic E-state index is 0.0275. The summed E-state index contributed by atoms with van der Waals surface area (Å²) in [5.41, 5.74) is 13.1. The van der Waals surface area contributed by atoms with Crippen LogP contribution in [0.25, 0.3) is 0 Å². The number of primary amides is 1. The first kappa shape index (κ1) is 11.8. The van der Waals surface area contributed by atoms with Crippen LogP contribution in [-0.2, 0) is 0 Å². The molecule has 92 valence electrons. The molecule has 1 aliphatic carbocycles. The number of rotatable bonds is 3. The molecule has 0 aliphatic heterocycles. The summed E-state index contributed by atoms with van der Waals surface area (Å²) in [4.78, 5) is 11.4. The van der Waals surface area contributed by atoms with E-state index in [-0.39, 0.29) is 5.54 Å².